The van der Waals surface area contributed by atoms with Gasteiger partial charge in [0.2, 0.25) is 5.91 Å². The first-order valence-electron chi connectivity index (χ1n) is 6.65. The van der Waals surface area contributed by atoms with Gasteiger partial charge in [0.25, 0.3) is 0 Å². The molecule has 1 heterocycles. The summed E-state index contributed by atoms with van der Waals surface area (Å²) in [5.74, 6) is 0.0486. The summed E-state index contributed by atoms with van der Waals surface area (Å²) in [7, 11) is 1.78. The van der Waals surface area contributed by atoms with Crippen molar-refractivity contribution in [3.05, 3.63) is 48.3 Å². The Labute approximate surface area is 131 Å². The number of halogens is 1. The molecular formula is C15H21ClN4O. The summed E-state index contributed by atoms with van der Waals surface area (Å²) in [6.45, 7) is 2.37. The van der Waals surface area contributed by atoms with Gasteiger partial charge in [-0.05, 0) is 19.1 Å². The molecule has 0 bridgehead atoms. The molecule has 1 unspecified atom stereocenters. The van der Waals surface area contributed by atoms with Crippen molar-refractivity contribution in [3.63, 3.8) is 0 Å². The molecular weight excluding hydrogens is 288 g/mol. The van der Waals surface area contributed by atoms with Gasteiger partial charge in [-0.2, -0.15) is 5.10 Å². The average Bonchev–Trinajstić information content (AvgIpc) is 2.87. The number of amides is 1. The predicted molar refractivity (Wildman–Crippen MR) is 85.6 cm³/mol. The monoisotopic (exact) mass is 308 g/mol. The molecule has 0 aliphatic rings. The van der Waals surface area contributed by atoms with Crippen molar-refractivity contribution in [3.8, 4) is 5.69 Å². The van der Waals surface area contributed by atoms with Gasteiger partial charge in [0.05, 0.1) is 11.9 Å². The summed E-state index contributed by atoms with van der Waals surface area (Å²) in [4.78, 5) is 13.5. The number of nitrogens with two attached hydrogens (primary N) is 1. The molecule has 6 heteroatoms. The molecule has 1 atom stereocenters. The second kappa shape index (κ2) is 7.81. The number of carbonyl (C=O) groups is 1. The van der Waals surface area contributed by atoms with E-state index in [1.807, 2.05) is 43.5 Å². The highest BCUT2D eigenvalue weighted by Crippen LogP contribution is 2.09. The molecule has 1 amide bonds. The Morgan fingerprint density at radius 2 is 2.05 bits per heavy atom. The van der Waals surface area contributed by atoms with Crippen molar-refractivity contribution < 1.29 is 4.79 Å². The van der Waals surface area contributed by atoms with Gasteiger partial charge < -0.3 is 10.6 Å². The van der Waals surface area contributed by atoms with E-state index in [1.165, 1.54) is 0 Å². The molecule has 0 fully saturated rings. The van der Waals surface area contributed by atoms with Gasteiger partial charge in [-0.15, -0.1) is 12.4 Å². The number of aromatic nitrogens is 2. The molecule has 5 nitrogen and oxygen atoms in total. The van der Waals surface area contributed by atoms with Crippen LogP contribution in [-0.2, 0) is 11.3 Å². The number of benzene rings is 1. The first-order chi connectivity index (χ1) is 9.56. The molecule has 0 spiro atoms. The van der Waals surface area contributed by atoms with Crippen molar-refractivity contribution in [1.82, 2.24) is 14.7 Å². The maximum atomic E-state index is 11.9. The van der Waals surface area contributed by atoms with Gasteiger partial charge in [0.1, 0.15) is 0 Å². The van der Waals surface area contributed by atoms with Crippen LogP contribution in [0.3, 0.4) is 0 Å². The van der Waals surface area contributed by atoms with Crippen LogP contribution in [0.2, 0.25) is 0 Å². The van der Waals surface area contributed by atoms with E-state index in [1.54, 1.807) is 22.8 Å². The molecule has 2 N–H and O–H groups in total. The van der Waals surface area contributed by atoms with Crippen LogP contribution in [0.4, 0.5) is 0 Å². The molecule has 0 aliphatic heterocycles. The fraction of sp³-hybridized carbons (Fsp3) is 0.333. The van der Waals surface area contributed by atoms with Crippen molar-refractivity contribution in [2.45, 2.75) is 25.9 Å². The van der Waals surface area contributed by atoms with E-state index >= 15 is 0 Å². The van der Waals surface area contributed by atoms with Crippen LogP contribution in [0.25, 0.3) is 5.69 Å². The molecule has 1 aromatic carbocycles. The molecule has 0 saturated heterocycles. The Balaban J connectivity index is 0.00000220. The van der Waals surface area contributed by atoms with Gasteiger partial charge in [-0.3, -0.25) is 4.79 Å². The second-order valence-electron chi connectivity index (χ2n) is 5.06. The molecule has 0 radical (unpaired) electrons. The zero-order valence-electron chi connectivity index (χ0n) is 12.3. The zero-order valence-corrected chi connectivity index (χ0v) is 13.1. The maximum Gasteiger partial charge on any atom is 0.224 e. The number of carbonyl (C=O) groups excluding carboxylic acids is 1. The smallest absolute Gasteiger partial charge is 0.224 e. The third-order valence-corrected chi connectivity index (χ3v) is 3.00. The van der Waals surface area contributed by atoms with E-state index in [2.05, 4.69) is 5.10 Å². The molecule has 1 aromatic heterocycles. The highest BCUT2D eigenvalue weighted by atomic mass is 35.5. The quantitative estimate of drug-likeness (QED) is 0.918. The Morgan fingerprint density at radius 1 is 1.38 bits per heavy atom. The van der Waals surface area contributed by atoms with E-state index in [9.17, 15) is 4.79 Å². The van der Waals surface area contributed by atoms with Crippen LogP contribution < -0.4 is 5.73 Å². The van der Waals surface area contributed by atoms with Crippen LogP contribution in [-0.4, -0.2) is 33.7 Å². The van der Waals surface area contributed by atoms with E-state index < -0.39 is 0 Å². The second-order valence-corrected chi connectivity index (χ2v) is 5.06. The third kappa shape index (κ3) is 4.88. The fourth-order valence-electron chi connectivity index (χ4n) is 1.96. The lowest BCUT2D eigenvalue weighted by Gasteiger charge is -2.17. The summed E-state index contributed by atoms with van der Waals surface area (Å²) in [5, 5.41) is 4.31. The van der Waals surface area contributed by atoms with Crippen molar-refractivity contribution >= 4 is 18.3 Å². The fourth-order valence-corrected chi connectivity index (χ4v) is 1.96. The number of rotatable bonds is 5. The standard InChI is InChI=1S/C15H20N4O.ClH/c1-12(16)8-15(20)18(2)10-13-9-17-19(11-13)14-6-4-3-5-7-14;/h3-7,9,11-12H,8,10,16H2,1-2H3;1H. The average molecular weight is 309 g/mol. The summed E-state index contributed by atoms with van der Waals surface area (Å²) in [6.07, 6.45) is 4.08. The topological polar surface area (TPSA) is 64.2 Å². The number of nitrogens with zero attached hydrogens (tertiary/aromatic N) is 3. The van der Waals surface area contributed by atoms with E-state index in [0.717, 1.165) is 11.3 Å². The molecule has 0 aliphatic carbocycles. The Hall–Kier alpha value is -1.85. The van der Waals surface area contributed by atoms with E-state index in [4.69, 9.17) is 5.73 Å². The Morgan fingerprint density at radius 3 is 2.67 bits per heavy atom. The van der Waals surface area contributed by atoms with Crippen LogP contribution in [0.15, 0.2) is 42.7 Å². The molecule has 21 heavy (non-hydrogen) atoms. The normalized spacial score (nSPS) is 11.6. The van der Waals surface area contributed by atoms with Gasteiger partial charge in [0, 0.05) is 37.8 Å². The molecule has 114 valence electrons. The molecule has 2 aromatic rings. The van der Waals surface area contributed by atoms with Crippen LogP contribution in [0, 0.1) is 0 Å². The van der Waals surface area contributed by atoms with Gasteiger partial charge >= 0.3 is 0 Å². The first kappa shape index (κ1) is 17.2. The molecule has 0 saturated carbocycles. The lowest BCUT2D eigenvalue weighted by molar-refractivity contribution is -0.130. The van der Waals surface area contributed by atoms with Crippen LogP contribution in [0.1, 0.15) is 18.9 Å². The Kier molecular flexibility index (Phi) is 6.39. The van der Waals surface area contributed by atoms with Crippen molar-refractivity contribution in [2.24, 2.45) is 5.73 Å². The van der Waals surface area contributed by atoms with Crippen LogP contribution in [0.5, 0.6) is 0 Å². The minimum Gasteiger partial charge on any atom is -0.341 e. The highest BCUT2D eigenvalue weighted by Gasteiger charge is 2.12. The largest absolute Gasteiger partial charge is 0.341 e. The summed E-state index contributed by atoms with van der Waals surface area (Å²) in [5.41, 5.74) is 7.64. The molecule has 2 rings (SSSR count). The number of hydrogen-bond acceptors (Lipinski definition) is 3. The van der Waals surface area contributed by atoms with Gasteiger partial charge in [-0.1, -0.05) is 18.2 Å². The summed E-state index contributed by atoms with van der Waals surface area (Å²) >= 11 is 0. The SMILES string of the molecule is CC(N)CC(=O)N(C)Cc1cnn(-c2ccccc2)c1.Cl. The van der Waals surface area contributed by atoms with Crippen LogP contribution >= 0.6 is 12.4 Å². The minimum absolute atomic E-state index is 0. The van der Waals surface area contributed by atoms with Crippen molar-refractivity contribution in [1.29, 1.82) is 0 Å². The van der Waals surface area contributed by atoms with Crippen molar-refractivity contribution in [2.75, 3.05) is 7.05 Å². The third-order valence-electron chi connectivity index (χ3n) is 3.00. The predicted octanol–water partition coefficient (Wildman–Crippen LogP) is 1.99. The van der Waals surface area contributed by atoms with E-state index in [-0.39, 0.29) is 24.4 Å². The summed E-state index contributed by atoms with van der Waals surface area (Å²) in [6, 6.07) is 9.76. The van der Waals surface area contributed by atoms with E-state index in [0.29, 0.717) is 13.0 Å². The van der Waals surface area contributed by atoms with Gasteiger partial charge in [0.15, 0.2) is 0 Å². The first-order valence-corrected chi connectivity index (χ1v) is 6.65. The minimum atomic E-state index is -0.114. The lowest BCUT2D eigenvalue weighted by Crippen LogP contribution is -2.31. The highest BCUT2D eigenvalue weighted by molar-refractivity contribution is 5.85. The number of hydrogen-bond donors (Lipinski definition) is 1. The van der Waals surface area contributed by atoms with Gasteiger partial charge in [-0.25, -0.2) is 4.68 Å². The maximum absolute atomic E-state index is 11.9. The zero-order chi connectivity index (χ0) is 14.5. The lowest BCUT2D eigenvalue weighted by atomic mass is 10.2. The Bertz CT molecular complexity index is 568. The number of para-hydroxylation sites is 1. The summed E-state index contributed by atoms with van der Waals surface area (Å²) < 4.78 is 1.80.